The molecule has 6 N–H and O–H groups in total. The molecule has 1 atom stereocenters. The van der Waals surface area contributed by atoms with E-state index in [9.17, 15) is 18.0 Å². The molecular formula is C13H17N3O6S2. The zero-order valence-corrected chi connectivity index (χ0v) is 14.1. The minimum absolute atomic E-state index is 0.0217. The number of thiocarbonyl (C=S) groups is 1. The maximum Gasteiger partial charge on any atom is 0.326 e. The van der Waals surface area contributed by atoms with Gasteiger partial charge in [0.2, 0.25) is 10.0 Å². The van der Waals surface area contributed by atoms with Gasteiger partial charge < -0.3 is 20.8 Å². The lowest BCUT2D eigenvalue weighted by molar-refractivity contribution is -0.140. The summed E-state index contributed by atoms with van der Waals surface area (Å²) in [6.07, 6.45) is -0.419. The average molecular weight is 375 g/mol. The van der Waals surface area contributed by atoms with Gasteiger partial charge in [-0.05, 0) is 36.3 Å². The molecule has 0 fully saturated rings. The second-order valence-electron chi connectivity index (χ2n) is 4.84. The zero-order valence-electron chi connectivity index (χ0n) is 12.4. The van der Waals surface area contributed by atoms with Crippen LogP contribution in [0, 0.1) is 0 Å². The Hall–Kier alpha value is -2.24. The van der Waals surface area contributed by atoms with Gasteiger partial charge in [0.25, 0.3) is 0 Å². The lowest BCUT2D eigenvalue weighted by Gasteiger charge is -2.16. The number of rotatable bonds is 8. The first kappa shape index (κ1) is 19.8. The molecule has 0 heterocycles. The van der Waals surface area contributed by atoms with Gasteiger partial charge in [0.1, 0.15) is 6.04 Å². The highest BCUT2D eigenvalue weighted by Crippen LogP contribution is 2.08. The Morgan fingerprint density at radius 3 is 2.25 bits per heavy atom. The van der Waals surface area contributed by atoms with Crippen molar-refractivity contribution < 1.29 is 28.2 Å². The molecule has 0 aromatic heterocycles. The number of carboxylic acids is 2. The van der Waals surface area contributed by atoms with Crippen LogP contribution >= 0.6 is 12.2 Å². The number of sulfonamides is 1. The summed E-state index contributed by atoms with van der Waals surface area (Å²) in [6.45, 7) is 0.224. The van der Waals surface area contributed by atoms with Crippen LogP contribution in [0.5, 0.6) is 0 Å². The summed E-state index contributed by atoms with van der Waals surface area (Å²) in [5.74, 6) is -2.31. The van der Waals surface area contributed by atoms with E-state index in [1.165, 1.54) is 24.3 Å². The van der Waals surface area contributed by atoms with E-state index in [4.69, 9.17) is 27.6 Å². The van der Waals surface area contributed by atoms with Crippen LogP contribution in [0.15, 0.2) is 29.2 Å². The summed E-state index contributed by atoms with van der Waals surface area (Å²) in [6, 6.07) is 4.64. The van der Waals surface area contributed by atoms with Crippen molar-refractivity contribution in [3.8, 4) is 0 Å². The maximum absolute atomic E-state index is 11.1. The molecule has 0 aliphatic carbocycles. The van der Waals surface area contributed by atoms with Crippen LogP contribution in [0.4, 0.5) is 0 Å². The van der Waals surface area contributed by atoms with Crippen molar-refractivity contribution in [2.45, 2.75) is 30.3 Å². The number of hydrogen-bond donors (Lipinski definition) is 5. The molecule has 1 unspecified atom stereocenters. The lowest BCUT2D eigenvalue weighted by atomic mass is 10.1. The third-order valence-electron chi connectivity index (χ3n) is 2.96. The van der Waals surface area contributed by atoms with Gasteiger partial charge in [-0.3, -0.25) is 4.79 Å². The van der Waals surface area contributed by atoms with Gasteiger partial charge >= 0.3 is 11.9 Å². The number of carbonyl (C=O) groups is 2. The van der Waals surface area contributed by atoms with E-state index < -0.39 is 28.0 Å². The highest BCUT2D eigenvalue weighted by atomic mass is 32.2. The fourth-order valence-electron chi connectivity index (χ4n) is 1.71. The molecular weight excluding hydrogens is 358 g/mol. The van der Waals surface area contributed by atoms with Crippen LogP contribution in [0.1, 0.15) is 18.4 Å². The molecule has 0 amide bonds. The largest absolute Gasteiger partial charge is 0.481 e. The van der Waals surface area contributed by atoms with Gasteiger partial charge in [0, 0.05) is 13.0 Å². The first-order chi connectivity index (χ1) is 11.1. The third kappa shape index (κ3) is 6.89. The van der Waals surface area contributed by atoms with Gasteiger partial charge in [-0.25, -0.2) is 18.4 Å². The summed E-state index contributed by atoms with van der Waals surface area (Å²) in [5.41, 5.74) is 0.698. The van der Waals surface area contributed by atoms with Crippen molar-refractivity contribution in [2.24, 2.45) is 5.14 Å². The molecule has 0 spiro atoms. The number of hydrogen-bond acceptors (Lipinski definition) is 5. The van der Waals surface area contributed by atoms with Crippen molar-refractivity contribution in [1.29, 1.82) is 0 Å². The van der Waals surface area contributed by atoms with Crippen LogP contribution in [0.25, 0.3) is 0 Å². The van der Waals surface area contributed by atoms with Gasteiger partial charge in [-0.1, -0.05) is 12.1 Å². The summed E-state index contributed by atoms with van der Waals surface area (Å²) in [5, 5.41) is 27.9. The number of nitrogens with one attached hydrogen (secondary N) is 2. The van der Waals surface area contributed by atoms with E-state index in [-0.39, 0.29) is 29.4 Å². The van der Waals surface area contributed by atoms with Gasteiger partial charge in [-0.15, -0.1) is 0 Å². The highest BCUT2D eigenvalue weighted by Gasteiger charge is 2.19. The average Bonchev–Trinajstić information content (AvgIpc) is 2.48. The molecule has 9 nitrogen and oxygen atoms in total. The zero-order chi connectivity index (χ0) is 18.3. The lowest BCUT2D eigenvalue weighted by Crippen LogP contribution is -2.45. The van der Waals surface area contributed by atoms with E-state index in [0.29, 0.717) is 5.56 Å². The second kappa shape index (κ2) is 8.57. The SMILES string of the molecule is NS(=O)(=O)c1ccc(CNC(=S)NC(CCC(=O)O)C(=O)O)cc1. The molecule has 1 aromatic rings. The summed E-state index contributed by atoms with van der Waals surface area (Å²) >= 11 is 4.96. The maximum atomic E-state index is 11.1. The third-order valence-corrected chi connectivity index (χ3v) is 4.15. The van der Waals surface area contributed by atoms with Crippen molar-refractivity contribution in [3.63, 3.8) is 0 Å². The molecule has 0 radical (unpaired) electrons. The summed E-state index contributed by atoms with van der Waals surface area (Å²) in [7, 11) is -3.76. The predicted octanol–water partition coefficient (Wildman–Crippen LogP) is -0.384. The normalized spacial score (nSPS) is 12.2. The van der Waals surface area contributed by atoms with E-state index in [1.54, 1.807) is 0 Å². The number of benzene rings is 1. The smallest absolute Gasteiger partial charge is 0.326 e. The fraction of sp³-hybridized carbons (Fsp3) is 0.308. The van der Waals surface area contributed by atoms with E-state index in [0.717, 1.165) is 0 Å². The van der Waals surface area contributed by atoms with Crippen LogP contribution in [-0.2, 0) is 26.2 Å². The summed E-state index contributed by atoms with van der Waals surface area (Å²) in [4.78, 5) is 21.5. The fourth-order valence-corrected chi connectivity index (χ4v) is 2.44. The molecule has 24 heavy (non-hydrogen) atoms. The number of primary sulfonamides is 1. The Bertz CT molecular complexity index is 718. The molecule has 1 aromatic carbocycles. The Morgan fingerprint density at radius 2 is 1.79 bits per heavy atom. The Kier molecular flexibility index (Phi) is 7.07. The van der Waals surface area contributed by atoms with Crippen molar-refractivity contribution in [1.82, 2.24) is 10.6 Å². The minimum atomic E-state index is -3.76. The Labute approximate surface area is 143 Å². The molecule has 0 bridgehead atoms. The Balaban J connectivity index is 2.55. The van der Waals surface area contributed by atoms with Gasteiger partial charge in [0.05, 0.1) is 4.90 Å². The molecule has 0 aliphatic heterocycles. The topological polar surface area (TPSA) is 159 Å². The van der Waals surface area contributed by atoms with Gasteiger partial charge in [-0.2, -0.15) is 0 Å². The standard InChI is InChI=1S/C13H17N3O6S2/c14-24(21,22)9-3-1-8(2-4-9)7-15-13(23)16-10(12(19)20)5-6-11(17)18/h1-4,10H,5-7H2,(H,17,18)(H,19,20)(H2,14,21,22)(H2,15,16,23). The van der Waals surface area contributed by atoms with Crippen molar-refractivity contribution in [2.75, 3.05) is 0 Å². The van der Waals surface area contributed by atoms with E-state index in [2.05, 4.69) is 10.6 Å². The van der Waals surface area contributed by atoms with Crippen LogP contribution in [0.3, 0.4) is 0 Å². The highest BCUT2D eigenvalue weighted by molar-refractivity contribution is 7.89. The molecule has 0 saturated carbocycles. The van der Waals surface area contributed by atoms with Crippen LogP contribution in [-0.4, -0.2) is 41.7 Å². The molecule has 132 valence electrons. The van der Waals surface area contributed by atoms with Gasteiger partial charge in [0.15, 0.2) is 5.11 Å². The van der Waals surface area contributed by atoms with E-state index >= 15 is 0 Å². The first-order valence-electron chi connectivity index (χ1n) is 6.70. The van der Waals surface area contributed by atoms with Crippen molar-refractivity contribution in [3.05, 3.63) is 29.8 Å². The molecule has 11 heteroatoms. The molecule has 0 aliphatic rings. The molecule has 0 saturated heterocycles. The Morgan fingerprint density at radius 1 is 1.21 bits per heavy atom. The number of carboxylic acid groups (broad SMARTS) is 2. The van der Waals surface area contributed by atoms with Crippen LogP contribution < -0.4 is 15.8 Å². The minimum Gasteiger partial charge on any atom is -0.481 e. The second-order valence-corrected chi connectivity index (χ2v) is 6.81. The number of nitrogens with two attached hydrogens (primary N) is 1. The van der Waals surface area contributed by atoms with E-state index in [1.807, 2.05) is 0 Å². The quantitative estimate of drug-likeness (QED) is 0.382. The van der Waals surface area contributed by atoms with Crippen molar-refractivity contribution >= 4 is 39.3 Å². The van der Waals surface area contributed by atoms with Crippen LogP contribution in [0.2, 0.25) is 0 Å². The predicted molar refractivity (Wildman–Crippen MR) is 88.7 cm³/mol. The molecule has 1 rings (SSSR count). The number of aliphatic carboxylic acids is 2. The first-order valence-corrected chi connectivity index (χ1v) is 8.65. The summed E-state index contributed by atoms with van der Waals surface area (Å²) < 4.78 is 22.3. The monoisotopic (exact) mass is 375 g/mol.